The normalized spacial score (nSPS) is 35.2. The van der Waals surface area contributed by atoms with Crippen molar-refractivity contribution in [3.8, 4) is 0 Å². The molecule has 6 heteroatoms. The first kappa shape index (κ1) is 5.74. The van der Waals surface area contributed by atoms with E-state index in [9.17, 15) is 5.21 Å². The summed E-state index contributed by atoms with van der Waals surface area (Å²) in [6.07, 6.45) is 0. The molecule has 0 aromatic carbocycles. The van der Waals surface area contributed by atoms with Crippen molar-refractivity contribution in [1.29, 1.82) is 0 Å². The van der Waals surface area contributed by atoms with Crippen LogP contribution in [-0.4, -0.2) is 17.4 Å². The van der Waals surface area contributed by atoms with Gasteiger partial charge in [-0.25, -0.2) is 5.43 Å². The summed E-state index contributed by atoms with van der Waals surface area (Å²) in [5, 5.41) is 17.3. The molecule has 46 valence electrons. The maximum absolute atomic E-state index is 10.8. The number of nitrogens with one attached hydrogen (secondary N) is 1. The van der Waals surface area contributed by atoms with Crippen LogP contribution in [0.25, 0.3) is 0 Å². The Bertz CT molecular complexity index is 117. The number of quaternary nitrogens is 1. The van der Waals surface area contributed by atoms with E-state index in [0.717, 1.165) is 0 Å². The van der Waals surface area contributed by atoms with E-state index in [1.807, 2.05) is 0 Å². The molecule has 1 aliphatic heterocycles. The van der Waals surface area contributed by atoms with E-state index in [1.54, 1.807) is 0 Å². The van der Waals surface area contributed by atoms with Gasteiger partial charge in [0.05, 0.1) is 5.22 Å². The number of halogens is 1. The number of hydroxylamine groups is 2. The van der Waals surface area contributed by atoms with E-state index < -0.39 is 4.76 Å². The van der Waals surface area contributed by atoms with Crippen molar-refractivity contribution in [3.63, 3.8) is 0 Å². The van der Waals surface area contributed by atoms with Gasteiger partial charge in [-0.2, -0.15) is 4.76 Å². The summed E-state index contributed by atoms with van der Waals surface area (Å²) in [7, 11) is 0. The molecule has 0 aromatic rings. The molecule has 1 N–H and O–H groups in total. The van der Waals surface area contributed by atoms with Crippen molar-refractivity contribution >= 4 is 11.6 Å². The quantitative estimate of drug-likeness (QED) is 0.245. The standard InChI is InChI=1S/C2H5ClN4O/c3-1-7(8)2-4-5-6-7/h1-2H2,(H,4,6). The van der Waals surface area contributed by atoms with Gasteiger partial charge in [-0.3, -0.25) is 0 Å². The molecule has 1 atom stereocenters. The average molecular weight is 137 g/mol. The van der Waals surface area contributed by atoms with Crippen LogP contribution in [0.15, 0.2) is 10.4 Å². The molecule has 0 aliphatic carbocycles. The van der Waals surface area contributed by atoms with Crippen LogP contribution in [0.1, 0.15) is 0 Å². The van der Waals surface area contributed by atoms with Crippen molar-refractivity contribution in [2.45, 2.75) is 0 Å². The molecule has 1 aliphatic rings. The van der Waals surface area contributed by atoms with Crippen LogP contribution >= 0.6 is 11.6 Å². The van der Waals surface area contributed by atoms with E-state index in [2.05, 4.69) is 15.9 Å². The van der Waals surface area contributed by atoms with Gasteiger partial charge in [-0.15, -0.1) is 0 Å². The highest BCUT2D eigenvalue weighted by molar-refractivity contribution is 6.16. The second-order valence-corrected chi connectivity index (χ2v) is 1.71. The van der Waals surface area contributed by atoms with Crippen LogP contribution in [-0.2, 0) is 0 Å². The fourth-order valence-corrected chi connectivity index (χ4v) is 0.485. The molecule has 1 unspecified atom stereocenters. The van der Waals surface area contributed by atoms with Crippen molar-refractivity contribution in [2.24, 2.45) is 10.4 Å². The molecule has 0 spiro atoms. The SMILES string of the molecule is [O-][N+]1(CCl)CNN=N1. The average Bonchev–Trinajstić information content (AvgIpc) is 2.17. The third-order valence-electron chi connectivity index (χ3n) is 0.783. The lowest BCUT2D eigenvalue weighted by Crippen LogP contribution is -2.35. The first-order valence-corrected chi connectivity index (χ1v) is 2.59. The molecule has 0 saturated heterocycles. The minimum absolute atomic E-state index is 0.0868. The predicted octanol–water partition coefficient (Wildman–Crippen LogP) is 0.340. The lowest BCUT2D eigenvalue weighted by Gasteiger charge is -2.25. The first-order chi connectivity index (χ1) is 3.77. The van der Waals surface area contributed by atoms with Crippen molar-refractivity contribution in [3.05, 3.63) is 5.21 Å². The Morgan fingerprint density at radius 1 is 1.88 bits per heavy atom. The molecular weight excluding hydrogens is 132 g/mol. The largest absolute Gasteiger partial charge is 0.601 e. The van der Waals surface area contributed by atoms with Crippen LogP contribution in [0.2, 0.25) is 0 Å². The number of alkyl halides is 1. The summed E-state index contributed by atoms with van der Waals surface area (Å²) in [5.41, 5.74) is 2.40. The Balaban J connectivity index is 2.54. The summed E-state index contributed by atoms with van der Waals surface area (Å²) < 4.78 is -0.818. The fourth-order valence-electron chi connectivity index (χ4n) is 0.353. The number of rotatable bonds is 1. The van der Waals surface area contributed by atoms with Crippen molar-refractivity contribution in [1.82, 2.24) is 5.43 Å². The summed E-state index contributed by atoms with van der Waals surface area (Å²) in [4.78, 5) is 0. The van der Waals surface area contributed by atoms with Gasteiger partial charge < -0.3 is 5.21 Å². The topological polar surface area (TPSA) is 59.8 Å². The Kier molecular flexibility index (Phi) is 1.33. The van der Waals surface area contributed by atoms with Crippen molar-refractivity contribution in [2.75, 3.05) is 12.7 Å². The molecule has 8 heavy (non-hydrogen) atoms. The molecule has 0 bridgehead atoms. The molecule has 0 amide bonds. The first-order valence-electron chi connectivity index (χ1n) is 2.06. The van der Waals surface area contributed by atoms with E-state index >= 15 is 0 Å². The molecule has 5 nitrogen and oxygen atoms in total. The highest BCUT2D eigenvalue weighted by atomic mass is 35.5. The molecule has 1 heterocycles. The third-order valence-corrected chi connectivity index (χ3v) is 1.16. The monoisotopic (exact) mass is 136 g/mol. The van der Waals surface area contributed by atoms with Crippen LogP contribution in [0, 0.1) is 5.21 Å². The van der Waals surface area contributed by atoms with Gasteiger partial charge in [0, 0.05) is 0 Å². The maximum atomic E-state index is 10.8. The Labute approximate surface area is 51.1 Å². The lowest BCUT2D eigenvalue weighted by molar-refractivity contribution is -0.873. The molecule has 0 fully saturated rings. The smallest absolute Gasteiger partial charge is 0.195 e. The van der Waals surface area contributed by atoms with E-state index in [-0.39, 0.29) is 12.7 Å². The number of hydrogen-bond donors (Lipinski definition) is 1. The second-order valence-electron chi connectivity index (χ2n) is 1.47. The Morgan fingerprint density at radius 3 is 2.88 bits per heavy atom. The number of nitrogens with zero attached hydrogens (tertiary/aromatic N) is 3. The summed E-state index contributed by atoms with van der Waals surface area (Å²) in [5.74, 6) is 0. The molecule has 0 aromatic heterocycles. The summed E-state index contributed by atoms with van der Waals surface area (Å²) >= 11 is 5.21. The predicted molar refractivity (Wildman–Crippen MR) is 27.2 cm³/mol. The summed E-state index contributed by atoms with van der Waals surface area (Å²) in [6, 6.07) is -0.0868. The summed E-state index contributed by atoms with van der Waals surface area (Å²) in [6.45, 7) is 0.142. The van der Waals surface area contributed by atoms with Crippen LogP contribution in [0.3, 0.4) is 0 Å². The van der Waals surface area contributed by atoms with Crippen molar-refractivity contribution < 1.29 is 4.76 Å². The van der Waals surface area contributed by atoms with Gasteiger partial charge in [0.1, 0.15) is 0 Å². The zero-order valence-corrected chi connectivity index (χ0v) is 4.80. The highest BCUT2D eigenvalue weighted by Crippen LogP contribution is 2.09. The maximum Gasteiger partial charge on any atom is 0.195 e. The number of hydrogen-bond acceptors (Lipinski definition) is 4. The van der Waals surface area contributed by atoms with Gasteiger partial charge >= 0.3 is 0 Å². The van der Waals surface area contributed by atoms with E-state index in [4.69, 9.17) is 11.6 Å². The minimum Gasteiger partial charge on any atom is -0.601 e. The van der Waals surface area contributed by atoms with Gasteiger partial charge in [0.15, 0.2) is 12.7 Å². The fraction of sp³-hybridized carbons (Fsp3) is 1.00. The minimum atomic E-state index is -0.818. The second kappa shape index (κ2) is 1.85. The van der Waals surface area contributed by atoms with E-state index in [1.165, 1.54) is 0 Å². The van der Waals surface area contributed by atoms with Crippen LogP contribution in [0.4, 0.5) is 0 Å². The molecular formula is C2H5ClN4O. The zero-order chi connectivity index (χ0) is 6.04. The lowest BCUT2D eigenvalue weighted by atomic mass is 11.0. The molecule has 0 radical (unpaired) electrons. The van der Waals surface area contributed by atoms with Crippen LogP contribution in [0.5, 0.6) is 0 Å². The van der Waals surface area contributed by atoms with Gasteiger partial charge in [0.25, 0.3) is 0 Å². The van der Waals surface area contributed by atoms with Gasteiger partial charge in [0.2, 0.25) is 0 Å². The zero-order valence-electron chi connectivity index (χ0n) is 4.04. The van der Waals surface area contributed by atoms with Crippen LogP contribution < -0.4 is 5.43 Å². The highest BCUT2D eigenvalue weighted by Gasteiger charge is 2.18. The Morgan fingerprint density at radius 2 is 2.62 bits per heavy atom. The van der Waals surface area contributed by atoms with Gasteiger partial charge in [-0.1, -0.05) is 11.6 Å². The Hall–Kier alpha value is -0.390. The molecule has 0 saturated carbocycles. The van der Waals surface area contributed by atoms with Gasteiger partial charge in [-0.05, 0) is 5.22 Å². The van der Waals surface area contributed by atoms with E-state index in [0.29, 0.717) is 0 Å². The third kappa shape index (κ3) is 0.885. The molecule has 1 rings (SSSR count).